The standard InChI is InChI=1S/C22H26O7/c1-10-12-7-13-15-21(8-12,17(10)27-11(2)24)19(26)29-14-5-6-20(3,4)16(18(25)28-13)22(14,15)9-23/h9,12-17H,1,5-8H2,2-4H3/t12-,13+,14+,15-,16-,17-,21+,22+/m1/s1. The largest absolute Gasteiger partial charge is 0.462 e. The van der Waals surface area contributed by atoms with E-state index in [9.17, 15) is 19.2 Å². The van der Waals surface area contributed by atoms with Crippen LogP contribution in [0.25, 0.3) is 0 Å². The van der Waals surface area contributed by atoms with Gasteiger partial charge in [0.15, 0.2) is 0 Å². The van der Waals surface area contributed by atoms with Crippen LogP contribution in [-0.2, 0) is 33.4 Å². The predicted octanol–water partition coefficient (Wildman–Crippen LogP) is 1.97. The molecule has 0 N–H and O–H groups in total. The molecule has 0 radical (unpaired) electrons. The van der Waals surface area contributed by atoms with Crippen LogP contribution in [0, 0.1) is 34.0 Å². The summed E-state index contributed by atoms with van der Waals surface area (Å²) in [4.78, 5) is 51.4. The first-order chi connectivity index (χ1) is 13.6. The van der Waals surface area contributed by atoms with Gasteiger partial charge in [0.1, 0.15) is 30.0 Å². The molecule has 0 aromatic carbocycles. The zero-order valence-electron chi connectivity index (χ0n) is 16.9. The molecular formula is C22H26O7. The molecule has 0 aromatic rings. The number of carbonyl (C=O) groups excluding carboxylic acids is 4. The third-order valence-corrected chi connectivity index (χ3v) is 8.41. The third kappa shape index (κ3) is 1.99. The van der Waals surface area contributed by atoms with Gasteiger partial charge in [-0.15, -0.1) is 0 Å². The number of esters is 3. The second-order valence-electron chi connectivity index (χ2n) is 10.2. The van der Waals surface area contributed by atoms with E-state index in [-0.39, 0.29) is 5.92 Å². The van der Waals surface area contributed by atoms with Crippen molar-refractivity contribution >= 4 is 24.2 Å². The Balaban J connectivity index is 1.76. The normalized spacial score (nSPS) is 48.9. The lowest BCUT2D eigenvalue weighted by molar-refractivity contribution is -0.281. The van der Waals surface area contributed by atoms with Crippen molar-refractivity contribution in [1.82, 2.24) is 0 Å². The van der Waals surface area contributed by atoms with E-state index in [1.54, 1.807) is 0 Å². The van der Waals surface area contributed by atoms with Crippen molar-refractivity contribution in [2.45, 2.75) is 64.8 Å². The maximum Gasteiger partial charge on any atom is 0.317 e. The smallest absolute Gasteiger partial charge is 0.317 e. The zero-order chi connectivity index (χ0) is 20.9. The van der Waals surface area contributed by atoms with Gasteiger partial charge in [0.2, 0.25) is 0 Å². The minimum Gasteiger partial charge on any atom is -0.462 e. The highest BCUT2D eigenvalue weighted by atomic mass is 16.6. The van der Waals surface area contributed by atoms with Crippen molar-refractivity contribution in [1.29, 1.82) is 0 Å². The lowest BCUT2D eigenvalue weighted by Crippen LogP contribution is -2.75. The van der Waals surface area contributed by atoms with Gasteiger partial charge >= 0.3 is 17.9 Å². The van der Waals surface area contributed by atoms with Crippen LogP contribution in [0.4, 0.5) is 0 Å². The monoisotopic (exact) mass is 402 g/mol. The minimum atomic E-state index is -1.24. The SMILES string of the molecule is C=C1[C@@H]2C[C@@H]3OC(=O)[C@@H]4C(C)(C)CC[C@@H]5OC(=O)[C@](C2)([C@@H]1OC(C)=O)[C@@H]3[C@]54C=O. The highest BCUT2D eigenvalue weighted by molar-refractivity contribution is 5.89. The second-order valence-corrected chi connectivity index (χ2v) is 10.2. The summed E-state index contributed by atoms with van der Waals surface area (Å²) in [5.74, 6) is -2.78. The Morgan fingerprint density at radius 1 is 1.28 bits per heavy atom. The molecule has 0 amide bonds. The Kier molecular flexibility index (Phi) is 3.56. The van der Waals surface area contributed by atoms with Gasteiger partial charge in [-0.25, -0.2) is 0 Å². The summed E-state index contributed by atoms with van der Waals surface area (Å²) in [6, 6.07) is 0. The average molecular weight is 402 g/mol. The third-order valence-electron chi connectivity index (χ3n) is 8.41. The molecule has 2 bridgehead atoms. The Bertz CT molecular complexity index is 859. The van der Waals surface area contributed by atoms with E-state index in [1.807, 2.05) is 13.8 Å². The zero-order valence-corrected chi connectivity index (χ0v) is 16.9. The lowest BCUT2D eigenvalue weighted by Gasteiger charge is -2.65. The van der Waals surface area contributed by atoms with Gasteiger partial charge in [-0.1, -0.05) is 20.4 Å². The number of hydrogen-bond acceptors (Lipinski definition) is 7. The number of ether oxygens (including phenoxy) is 3. The van der Waals surface area contributed by atoms with E-state index in [2.05, 4.69) is 6.58 Å². The first kappa shape index (κ1) is 18.8. The number of fused-ring (bicyclic) bond motifs is 1. The van der Waals surface area contributed by atoms with Crippen LogP contribution >= 0.6 is 0 Å². The van der Waals surface area contributed by atoms with Crippen LogP contribution in [0.2, 0.25) is 0 Å². The van der Waals surface area contributed by atoms with E-state index < -0.39 is 64.3 Å². The summed E-state index contributed by atoms with van der Waals surface area (Å²) >= 11 is 0. The van der Waals surface area contributed by atoms with Gasteiger partial charge in [-0.2, -0.15) is 0 Å². The summed E-state index contributed by atoms with van der Waals surface area (Å²) in [6.07, 6.45) is 0.768. The Labute approximate surface area is 169 Å². The second kappa shape index (κ2) is 5.49. The number of carbonyl (C=O) groups is 4. The minimum absolute atomic E-state index is 0.130. The molecule has 0 aromatic heterocycles. The fraction of sp³-hybridized carbons (Fsp3) is 0.727. The summed E-state index contributed by atoms with van der Waals surface area (Å²) in [7, 11) is 0. The summed E-state index contributed by atoms with van der Waals surface area (Å²) < 4.78 is 17.5. The van der Waals surface area contributed by atoms with Gasteiger partial charge in [-0.05, 0) is 42.6 Å². The first-order valence-corrected chi connectivity index (χ1v) is 10.3. The van der Waals surface area contributed by atoms with Crippen molar-refractivity contribution < 1.29 is 33.4 Å². The first-order valence-electron chi connectivity index (χ1n) is 10.3. The van der Waals surface area contributed by atoms with Crippen molar-refractivity contribution in [3.8, 4) is 0 Å². The molecule has 3 aliphatic carbocycles. The molecule has 5 fully saturated rings. The molecule has 156 valence electrons. The molecule has 3 saturated carbocycles. The maximum absolute atomic E-state index is 13.5. The Morgan fingerprint density at radius 2 is 2.00 bits per heavy atom. The van der Waals surface area contributed by atoms with Crippen LogP contribution < -0.4 is 0 Å². The fourth-order valence-electron chi connectivity index (χ4n) is 7.51. The molecule has 2 heterocycles. The van der Waals surface area contributed by atoms with Crippen LogP contribution in [0.15, 0.2) is 12.2 Å². The molecule has 29 heavy (non-hydrogen) atoms. The number of hydrogen-bond donors (Lipinski definition) is 0. The predicted molar refractivity (Wildman–Crippen MR) is 98.1 cm³/mol. The van der Waals surface area contributed by atoms with Gasteiger partial charge in [-0.3, -0.25) is 14.4 Å². The molecule has 5 aliphatic rings. The van der Waals surface area contributed by atoms with E-state index in [0.29, 0.717) is 31.3 Å². The molecule has 2 aliphatic heterocycles. The van der Waals surface area contributed by atoms with Crippen LogP contribution in [0.3, 0.4) is 0 Å². The van der Waals surface area contributed by atoms with Gasteiger partial charge in [0.05, 0.1) is 11.3 Å². The highest BCUT2D eigenvalue weighted by Gasteiger charge is 2.81. The van der Waals surface area contributed by atoms with E-state index in [1.165, 1.54) is 6.92 Å². The molecule has 1 spiro atoms. The molecule has 0 unspecified atom stereocenters. The van der Waals surface area contributed by atoms with Crippen LogP contribution in [-0.4, -0.2) is 42.5 Å². The summed E-state index contributed by atoms with van der Waals surface area (Å²) in [6.45, 7) is 9.35. The van der Waals surface area contributed by atoms with E-state index >= 15 is 0 Å². The molecule has 5 rings (SSSR count). The van der Waals surface area contributed by atoms with Crippen molar-refractivity contribution in [3.05, 3.63) is 12.2 Å². The molecule has 2 saturated heterocycles. The number of aldehydes is 1. The average Bonchev–Trinajstić information content (AvgIpc) is 2.84. The topological polar surface area (TPSA) is 96.0 Å². The maximum atomic E-state index is 13.5. The van der Waals surface area contributed by atoms with Crippen LogP contribution in [0.5, 0.6) is 0 Å². The van der Waals surface area contributed by atoms with Gasteiger partial charge in [0.25, 0.3) is 0 Å². The summed E-state index contributed by atoms with van der Waals surface area (Å²) in [5.41, 5.74) is -2.24. The molecule has 7 nitrogen and oxygen atoms in total. The van der Waals surface area contributed by atoms with E-state index in [4.69, 9.17) is 14.2 Å². The van der Waals surface area contributed by atoms with Gasteiger partial charge in [0, 0.05) is 12.8 Å². The quantitative estimate of drug-likeness (QED) is 0.302. The van der Waals surface area contributed by atoms with Crippen molar-refractivity contribution in [2.24, 2.45) is 34.0 Å². The van der Waals surface area contributed by atoms with Gasteiger partial charge < -0.3 is 19.0 Å². The van der Waals surface area contributed by atoms with E-state index in [0.717, 1.165) is 6.29 Å². The van der Waals surface area contributed by atoms with Crippen molar-refractivity contribution in [2.75, 3.05) is 0 Å². The lowest BCUT2D eigenvalue weighted by atomic mass is 9.42. The number of rotatable bonds is 2. The highest BCUT2D eigenvalue weighted by Crippen LogP contribution is 2.72. The van der Waals surface area contributed by atoms with Crippen molar-refractivity contribution in [3.63, 3.8) is 0 Å². The summed E-state index contributed by atoms with van der Waals surface area (Å²) in [5, 5.41) is 0. The Morgan fingerprint density at radius 3 is 2.66 bits per heavy atom. The fourth-order valence-corrected chi connectivity index (χ4v) is 7.51. The van der Waals surface area contributed by atoms with Crippen LogP contribution in [0.1, 0.15) is 46.5 Å². The molecule has 7 heteroatoms. The Hall–Kier alpha value is -2.18. The molecular weight excluding hydrogens is 376 g/mol. The molecule has 8 atom stereocenters.